The molecule has 0 fully saturated rings. The van der Waals surface area contributed by atoms with Crippen molar-refractivity contribution in [1.82, 2.24) is 4.98 Å². The number of thiazole rings is 1. The molecule has 0 aliphatic carbocycles. The zero-order valence-corrected chi connectivity index (χ0v) is 15.5. The third-order valence-corrected chi connectivity index (χ3v) is 4.87. The molecule has 0 aliphatic rings. The number of hydrogen-bond donors (Lipinski definition) is 1. The Hall–Kier alpha value is -3.06. The van der Waals surface area contributed by atoms with Crippen molar-refractivity contribution in [3.05, 3.63) is 59.1 Å². The second-order valence-electron chi connectivity index (χ2n) is 5.92. The Morgan fingerprint density at radius 2 is 1.81 bits per heavy atom. The van der Waals surface area contributed by atoms with Crippen LogP contribution in [0.3, 0.4) is 0 Å². The first-order valence-corrected chi connectivity index (χ1v) is 9.24. The number of benzene rings is 2. The van der Waals surface area contributed by atoms with Gasteiger partial charge in [0.15, 0.2) is 12.4 Å². The lowest BCUT2D eigenvalue weighted by Gasteiger charge is -2.05. The first kappa shape index (κ1) is 18.7. The summed E-state index contributed by atoms with van der Waals surface area (Å²) in [7, 11) is 0. The van der Waals surface area contributed by atoms with Crippen LogP contribution in [0.1, 0.15) is 28.7 Å². The highest BCUT2D eigenvalue weighted by Gasteiger charge is 2.12. The standard InChI is InChI=1S/C20H18N2O4S/c1-13(23)21-15-8-6-14(7-9-15)17(24)12-26-20(25)11-10-19-22-16-4-2-3-5-18(16)27-19/h2-9H,10-12H2,1H3,(H,21,23). The number of nitrogens with one attached hydrogen (secondary N) is 1. The molecule has 0 saturated heterocycles. The van der Waals surface area contributed by atoms with Crippen LogP contribution in [0.2, 0.25) is 0 Å². The maximum absolute atomic E-state index is 12.1. The topological polar surface area (TPSA) is 85.4 Å². The number of aromatic nitrogens is 1. The zero-order chi connectivity index (χ0) is 19.2. The van der Waals surface area contributed by atoms with Gasteiger partial charge in [-0.25, -0.2) is 4.98 Å². The quantitative estimate of drug-likeness (QED) is 0.498. The number of amides is 1. The van der Waals surface area contributed by atoms with Crippen LogP contribution in [-0.4, -0.2) is 29.3 Å². The summed E-state index contributed by atoms with van der Waals surface area (Å²) in [4.78, 5) is 39.5. The van der Waals surface area contributed by atoms with E-state index in [9.17, 15) is 14.4 Å². The van der Waals surface area contributed by atoms with Crippen LogP contribution in [0.25, 0.3) is 10.2 Å². The maximum atomic E-state index is 12.1. The van der Waals surface area contributed by atoms with Gasteiger partial charge in [-0.05, 0) is 36.4 Å². The Bertz CT molecular complexity index is 946. The predicted octanol–water partition coefficient (Wildman–Crippen LogP) is 3.61. The number of fused-ring (bicyclic) bond motifs is 1. The van der Waals surface area contributed by atoms with Crippen LogP contribution in [0.4, 0.5) is 5.69 Å². The molecule has 7 heteroatoms. The number of ether oxygens (including phenoxy) is 1. The molecule has 1 N–H and O–H groups in total. The molecule has 0 aliphatic heterocycles. The van der Waals surface area contributed by atoms with Crippen molar-refractivity contribution in [3.63, 3.8) is 0 Å². The van der Waals surface area contributed by atoms with E-state index in [0.29, 0.717) is 17.7 Å². The van der Waals surface area contributed by atoms with Crippen LogP contribution in [-0.2, 0) is 20.7 Å². The number of para-hydroxylation sites is 1. The summed E-state index contributed by atoms with van der Waals surface area (Å²) < 4.78 is 6.15. The van der Waals surface area contributed by atoms with Gasteiger partial charge in [-0.2, -0.15) is 0 Å². The number of aryl methyl sites for hydroxylation is 1. The van der Waals surface area contributed by atoms with Crippen LogP contribution < -0.4 is 5.32 Å². The number of rotatable bonds is 7. The molecule has 27 heavy (non-hydrogen) atoms. The second kappa shape index (κ2) is 8.55. The van der Waals surface area contributed by atoms with Gasteiger partial charge in [0.25, 0.3) is 0 Å². The molecular weight excluding hydrogens is 364 g/mol. The number of carbonyl (C=O) groups is 3. The average molecular weight is 382 g/mol. The van der Waals surface area contributed by atoms with Crippen LogP contribution in [0.5, 0.6) is 0 Å². The lowest BCUT2D eigenvalue weighted by Crippen LogP contribution is -2.14. The van der Waals surface area contributed by atoms with Gasteiger partial charge >= 0.3 is 5.97 Å². The summed E-state index contributed by atoms with van der Waals surface area (Å²) in [6.07, 6.45) is 0.659. The molecule has 1 amide bonds. The van der Waals surface area contributed by atoms with Crippen molar-refractivity contribution < 1.29 is 19.1 Å². The molecule has 0 spiro atoms. The molecular formula is C20H18N2O4S. The van der Waals surface area contributed by atoms with E-state index >= 15 is 0 Å². The highest BCUT2D eigenvalue weighted by Crippen LogP contribution is 2.22. The number of Topliss-reactive ketones (excluding diaryl/α,β-unsaturated/α-hetero) is 1. The Balaban J connectivity index is 1.46. The molecule has 0 atom stereocenters. The van der Waals surface area contributed by atoms with Crippen molar-refractivity contribution in [2.45, 2.75) is 19.8 Å². The normalized spacial score (nSPS) is 10.6. The Kier molecular flexibility index (Phi) is 5.93. The molecule has 138 valence electrons. The van der Waals surface area contributed by atoms with Crippen molar-refractivity contribution in [1.29, 1.82) is 0 Å². The third kappa shape index (κ3) is 5.21. The van der Waals surface area contributed by atoms with Crippen molar-refractivity contribution in [2.75, 3.05) is 11.9 Å². The molecule has 0 unspecified atom stereocenters. The lowest BCUT2D eigenvalue weighted by molar-refractivity contribution is -0.142. The summed E-state index contributed by atoms with van der Waals surface area (Å²) in [5.74, 6) is -0.911. The van der Waals surface area contributed by atoms with Crippen molar-refractivity contribution in [2.24, 2.45) is 0 Å². The van der Waals surface area contributed by atoms with E-state index in [1.807, 2.05) is 24.3 Å². The maximum Gasteiger partial charge on any atom is 0.306 e. The zero-order valence-electron chi connectivity index (χ0n) is 14.7. The molecule has 3 rings (SSSR count). The molecule has 0 bridgehead atoms. The van der Waals surface area contributed by atoms with E-state index in [1.54, 1.807) is 35.6 Å². The molecule has 1 aromatic heterocycles. The van der Waals surface area contributed by atoms with E-state index in [4.69, 9.17) is 4.74 Å². The first-order chi connectivity index (χ1) is 13.0. The number of ketones is 1. The average Bonchev–Trinajstić information content (AvgIpc) is 3.07. The van der Waals surface area contributed by atoms with E-state index in [2.05, 4.69) is 10.3 Å². The van der Waals surface area contributed by atoms with Crippen LogP contribution in [0, 0.1) is 0 Å². The van der Waals surface area contributed by atoms with Crippen LogP contribution >= 0.6 is 11.3 Å². The van der Waals surface area contributed by atoms with E-state index < -0.39 is 5.97 Å². The van der Waals surface area contributed by atoms with E-state index in [-0.39, 0.29) is 24.7 Å². The molecule has 6 nitrogen and oxygen atoms in total. The van der Waals surface area contributed by atoms with Crippen LogP contribution in [0.15, 0.2) is 48.5 Å². The fourth-order valence-electron chi connectivity index (χ4n) is 2.48. The minimum absolute atomic E-state index is 0.175. The van der Waals surface area contributed by atoms with E-state index in [0.717, 1.165) is 15.2 Å². The number of carbonyl (C=O) groups excluding carboxylic acids is 3. The monoisotopic (exact) mass is 382 g/mol. The summed E-state index contributed by atoms with van der Waals surface area (Å²) in [6.45, 7) is 1.10. The number of esters is 1. The van der Waals surface area contributed by atoms with Gasteiger partial charge in [-0.15, -0.1) is 11.3 Å². The molecule has 0 radical (unpaired) electrons. The number of anilines is 1. The highest BCUT2D eigenvalue weighted by atomic mass is 32.1. The van der Waals surface area contributed by atoms with Gasteiger partial charge in [0.05, 0.1) is 21.6 Å². The molecule has 2 aromatic carbocycles. The SMILES string of the molecule is CC(=O)Nc1ccc(C(=O)COC(=O)CCc2nc3ccccc3s2)cc1. The van der Waals surface area contributed by atoms with Gasteiger partial charge in [-0.3, -0.25) is 14.4 Å². The highest BCUT2D eigenvalue weighted by molar-refractivity contribution is 7.18. The Morgan fingerprint density at radius 1 is 1.07 bits per heavy atom. The van der Waals surface area contributed by atoms with E-state index in [1.165, 1.54) is 6.92 Å². The minimum atomic E-state index is -0.433. The second-order valence-corrected chi connectivity index (χ2v) is 7.03. The lowest BCUT2D eigenvalue weighted by atomic mass is 10.1. The summed E-state index contributed by atoms with van der Waals surface area (Å²) in [6, 6.07) is 14.2. The van der Waals surface area contributed by atoms with Gasteiger partial charge in [0.1, 0.15) is 0 Å². The smallest absolute Gasteiger partial charge is 0.306 e. The third-order valence-electron chi connectivity index (χ3n) is 3.77. The number of hydrogen-bond acceptors (Lipinski definition) is 6. The summed E-state index contributed by atoms with van der Waals surface area (Å²) in [5.41, 5.74) is 1.94. The molecule has 3 aromatic rings. The Morgan fingerprint density at radius 3 is 2.52 bits per heavy atom. The van der Waals surface area contributed by atoms with Gasteiger partial charge in [-0.1, -0.05) is 12.1 Å². The largest absolute Gasteiger partial charge is 0.457 e. The summed E-state index contributed by atoms with van der Waals surface area (Å²) in [5, 5.41) is 3.49. The summed E-state index contributed by atoms with van der Waals surface area (Å²) >= 11 is 1.55. The van der Waals surface area contributed by atoms with Gasteiger partial charge in [0, 0.05) is 24.6 Å². The Labute approximate surface area is 160 Å². The van der Waals surface area contributed by atoms with Gasteiger partial charge < -0.3 is 10.1 Å². The minimum Gasteiger partial charge on any atom is -0.457 e. The van der Waals surface area contributed by atoms with Crippen molar-refractivity contribution in [3.8, 4) is 0 Å². The van der Waals surface area contributed by atoms with Gasteiger partial charge in [0.2, 0.25) is 5.91 Å². The number of nitrogens with zero attached hydrogens (tertiary/aromatic N) is 1. The fourth-order valence-corrected chi connectivity index (χ4v) is 3.45. The predicted molar refractivity (Wildman–Crippen MR) is 104 cm³/mol. The molecule has 0 saturated carbocycles. The first-order valence-electron chi connectivity index (χ1n) is 8.42. The molecule has 1 heterocycles. The van der Waals surface area contributed by atoms with Crippen molar-refractivity contribution >= 4 is 44.9 Å². The fraction of sp³-hybridized carbons (Fsp3) is 0.200.